The highest BCUT2D eigenvalue weighted by Gasteiger charge is 2.59. The fourth-order valence-corrected chi connectivity index (χ4v) is 5.44. The molecule has 2 fully saturated rings. The largest absolute Gasteiger partial charge is 0.477 e. The summed E-state index contributed by atoms with van der Waals surface area (Å²) in [6, 6.07) is -0.396. The minimum atomic E-state index is -5.54. The summed E-state index contributed by atoms with van der Waals surface area (Å²) in [6.45, 7) is -2.37. The van der Waals surface area contributed by atoms with E-state index in [4.69, 9.17) is 24.3 Å². The van der Waals surface area contributed by atoms with Crippen molar-refractivity contribution in [3.05, 3.63) is 22.7 Å². The number of aliphatic hydroxyl groups is 6. The molecule has 0 bridgehead atoms. The first-order chi connectivity index (χ1) is 20.1. The van der Waals surface area contributed by atoms with Gasteiger partial charge in [-0.2, -0.15) is 4.98 Å². The quantitative estimate of drug-likeness (QED) is 0.0891. The second-order valence-electron chi connectivity index (χ2n) is 9.72. The van der Waals surface area contributed by atoms with E-state index in [1.54, 1.807) is 0 Å². The van der Waals surface area contributed by atoms with Gasteiger partial charge in [0.05, 0.1) is 31.9 Å². The van der Waals surface area contributed by atoms with Crippen molar-refractivity contribution in [2.75, 3.05) is 32.5 Å². The van der Waals surface area contributed by atoms with E-state index in [-0.39, 0.29) is 12.4 Å². The van der Waals surface area contributed by atoms with Crippen molar-refractivity contribution < 1.29 is 73.3 Å². The third kappa shape index (κ3) is 7.91. The Kier molecular flexibility index (Phi) is 11.3. The van der Waals surface area contributed by atoms with Gasteiger partial charge in [0, 0.05) is 12.6 Å². The molecule has 6 unspecified atom stereocenters. The Hall–Kier alpha value is -2.63. The van der Waals surface area contributed by atoms with Gasteiger partial charge >= 0.3 is 19.5 Å². The van der Waals surface area contributed by atoms with Crippen LogP contribution in [0.25, 0.3) is 0 Å². The van der Waals surface area contributed by atoms with Gasteiger partial charge in [-0.25, -0.2) is 18.7 Å². The number of rotatable bonds is 13. The number of aromatic nitrogens is 2. The fourth-order valence-electron chi connectivity index (χ4n) is 4.48. The van der Waals surface area contributed by atoms with Gasteiger partial charge < -0.3 is 66.5 Å². The van der Waals surface area contributed by atoms with Crippen molar-refractivity contribution in [3.8, 4) is 0 Å². The minimum Gasteiger partial charge on any atom is -0.477 e. The molecule has 11 atom stereocenters. The number of ether oxygens (including phenoxy) is 2. The Morgan fingerprint density at radius 3 is 2.56 bits per heavy atom. The topological polar surface area (TPSA) is 335 Å². The molecule has 1 aromatic heterocycles. The van der Waals surface area contributed by atoms with Crippen LogP contribution in [0, 0.1) is 0 Å². The van der Waals surface area contributed by atoms with Gasteiger partial charge in [-0.1, -0.05) is 0 Å². The zero-order chi connectivity index (χ0) is 32.3. The molecular formula is C21H34N5O16P. The second-order valence-corrected chi connectivity index (χ2v) is 11.1. The van der Waals surface area contributed by atoms with E-state index in [2.05, 4.69) is 15.6 Å². The Bertz CT molecular complexity index is 1250. The van der Waals surface area contributed by atoms with Gasteiger partial charge in [0.2, 0.25) is 5.91 Å². The summed E-state index contributed by atoms with van der Waals surface area (Å²) in [4.78, 5) is 50.3. The van der Waals surface area contributed by atoms with Crippen LogP contribution in [-0.4, -0.2) is 143 Å². The van der Waals surface area contributed by atoms with Crippen LogP contribution in [0.3, 0.4) is 0 Å². The van der Waals surface area contributed by atoms with E-state index in [9.17, 15) is 59.6 Å². The number of aliphatic hydroxyl groups excluding tert-OH is 6. The number of hydrogen-bond donors (Lipinski definition) is 11. The molecule has 0 radical (unpaired) electrons. The molecule has 22 heteroatoms. The highest BCUT2D eigenvalue weighted by Crippen LogP contribution is 2.51. The normalized spacial score (nSPS) is 33.8. The smallest absolute Gasteiger partial charge is 0.475 e. The molecule has 1 amide bonds. The van der Waals surface area contributed by atoms with Gasteiger partial charge in [0.25, 0.3) is 5.79 Å². The highest BCUT2D eigenvalue weighted by atomic mass is 31.2. The third-order valence-electron chi connectivity index (χ3n) is 6.61. The summed E-state index contributed by atoms with van der Waals surface area (Å²) in [5, 5.41) is 75.8. The summed E-state index contributed by atoms with van der Waals surface area (Å²) in [6.07, 6.45) is -14.7. The van der Waals surface area contributed by atoms with E-state index < -0.39 is 106 Å². The van der Waals surface area contributed by atoms with Crippen molar-refractivity contribution in [3.63, 3.8) is 0 Å². The maximum absolute atomic E-state index is 12.9. The summed E-state index contributed by atoms with van der Waals surface area (Å²) in [5.74, 6) is -6.21. The zero-order valence-electron chi connectivity index (χ0n) is 22.4. The molecule has 12 N–H and O–H groups in total. The van der Waals surface area contributed by atoms with Gasteiger partial charge in [0.1, 0.15) is 42.4 Å². The number of nitrogen functional groups attached to an aromatic ring is 1. The molecule has 0 aromatic carbocycles. The molecule has 3 heterocycles. The molecule has 0 spiro atoms. The highest BCUT2D eigenvalue weighted by molar-refractivity contribution is 7.47. The van der Waals surface area contributed by atoms with Crippen LogP contribution >= 0.6 is 7.82 Å². The van der Waals surface area contributed by atoms with E-state index in [1.807, 2.05) is 0 Å². The maximum atomic E-state index is 12.9. The number of hydrogen-bond acceptors (Lipinski definition) is 17. The first-order valence-electron chi connectivity index (χ1n) is 12.6. The molecule has 2 aliphatic heterocycles. The zero-order valence-corrected chi connectivity index (χ0v) is 23.3. The Morgan fingerprint density at radius 2 is 1.98 bits per heavy atom. The van der Waals surface area contributed by atoms with Crippen molar-refractivity contribution in [1.29, 1.82) is 0 Å². The summed E-state index contributed by atoms with van der Waals surface area (Å²) < 4.78 is 33.9. The Balaban J connectivity index is 1.79. The molecule has 21 nitrogen and oxygen atoms in total. The lowest BCUT2D eigenvalue weighted by Crippen LogP contribution is -2.68. The molecule has 43 heavy (non-hydrogen) atoms. The minimum absolute atomic E-state index is 0.137. The molecule has 244 valence electrons. The Labute approximate surface area is 242 Å². The van der Waals surface area contributed by atoms with E-state index in [0.29, 0.717) is 0 Å². The van der Waals surface area contributed by atoms with Gasteiger partial charge in [-0.3, -0.25) is 13.9 Å². The second kappa shape index (κ2) is 14.0. The number of carbonyl (C=O) groups is 2. The van der Waals surface area contributed by atoms with Crippen molar-refractivity contribution in [1.82, 2.24) is 20.2 Å². The van der Waals surface area contributed by atoms with Crippen LogP contribution < -0.4 is 22.1 Å². The van der Waals surface area contributed by atoms with Crippen LogP contribution in [-0.2, 0) is 32.7 Å². The van der Waals surface area contributed by atoms with Gasteiger partial charge in [-0.15, -0.1) is 0 Å². The molecule has 0 aliphatic carbocycles. The monoisotopic (exact) mass is 643 g/mol. The number of phosphoric ester groups is 1. The maximum Gasteiger partial charge on any atom is 0.475 e. The molecule has 0 saturated carbocycles. The Morgan fingerprint density at radius 1 is 1.30 bits per heavy atom. The van der Waals surface area contributed by atoms with Crippen LogP contribution in [0.4, 0.5) is 5.82 Å². The van der Waals surface area contributed by atoms with E-state index >= 15 is 0 Å². The molecule has 2 saturated heterocycles. The van der Waals surface area contributed by atoms with Crippen LogP contribution in [0.2, 0.25) is 0 Å². The number of nitrogens with one attached hydrogen (secondary N) is 2. The number of carboxylic acid groups (broad SMARTS) is 1. The number of amides is 1. The first kappa shape index (κ1) is 34.9. The molecule has 2 aliphatic rings. The number of aliphatic carboxylic acids is 1. The first-order valence-corrected chi connectivity index (χ1v) is 14.1. The number of nitrogens with zero attached hydrogens (tertiary/aromatic N) is 2. The average Bonchev–Trinajstić information content (AvgIpc) is 3.20. The van der Waals surface area contributed by atoms with Crippen LogP contribution in [0.15, 0.2) is 17.1 Å². The van der Waals surface area contributed by atoms with Crippen molar-refractivity contribution in [2.45, 2.75) is 67.2 Å². The van der Waals surface area contributed by atoms with E-state index in [1.165, 1.54) is 13.1 Å². The number of carboxylic acids is 1. The third-order valence-corrected chi connectivity index (χ3v) is 7.61. The fraction of sp³-hybridized carbons (Fsp3) is 0.714. The molecule has 3 rings (SSSR count). The standard InChI is InChI=1S/C21H34N5O16P/c1-23-5-12(30)25-13-8(28)4-21(19(34)35,41-17(13)14(31)9(29)6-27)42-43(37,38)39-7-10-15(32)16(33)18(40-10)26-3-2-11(22)24-20(26)36/h2-3,8-10,13-18,23,27-29,31-33H,4-7H2,1H3,(H,25,30)(H,34,35)(H,37,38)(H2,22,24,36)/t8-,9-,10?,13-,14-,15?,16?,17?,18?,21-/m1/s1. The van der Waals surface area contributed by atoms with Crippen LogP contribution in [0.1, 0.15) is 12.6 Å². The molecular weight excluding hydrogens is 609 g/mol. The van der Waals surface area contributed by atoms with Gasteiger partial charge in [-0.05, 0) is 13.1 Å². The van der Waals surface area contributed by atoms with Crippen molar-refractivity contribution in [2.24, 2.45) is 0 Å². The lowest BCUT2D eigenvalue weighted by atomic mass is 9.88. The predicted octanol–water partition coefficient (Wildman–Crippen LogP) is -6.07. The lowest BCUT2D eigenvalue weighted by Gasteiger charge is -2.46. The van der Waals surface area contributed by atoms with Crippen LogP contribution in [0.5, 0.6) is 0 Å². The van der Waals surface area contributed by atoms with E-state index in [0.717, 1.165) is 10.8 Å². The van der Waals surface area contributed by atoms with Gasteiger partial charge in [0.15, 0.2) is 6.23 Å². The number of carbonyl (C=O) groups excluding carboxylic acids is 1. The lowest BCUT2D eigenvalue weighted by molar-refractivity contribution is -0.289. The summed E-state index contributed by atoms with van der Waals surface area (Å²) >= 11 is 0. The summed E-state index contributed by atoms with van der Waals surface area (Å²) in [5.41, 5.74) is 4.47. The van der Waals surface area contributed by atoms with Crippen molar-refractivity contribution >= 4 is 25.5 Å². The predicted molar refractivity (Wildman–Crippen MR) is 137 cm³/mol. The SMILES string of the molecule is CNCC(=O)N[C@H]1C([C@H](O)[C@H](O)CO)O[C@](OP(=O)(O)OCC2OC(n3ccc(N)nc3=O)C(O)C2O)(C(=O)O)C[C@H]1O. The number of nitrogens with two attached hydrogens (primary N) is 1. The summed E-state index contributed by atoms with van der Waals surface area (Å²) in [7, 11) is -4.12. The number of likely N-dealkylation sites (N-methyl/N-ethyl adjacent to an activating group) is 1. The average molecular weight is 643 g/mol. The number of anilines is 1. The molecule has 1 aromatic rings. The number of phosphoric acid groups is 1.